The molecule has 1 heterocycles. The molecular weight excluding hydrogens is 363 g/mol. The first-order valence-corrected chi connectivity index (χ1v) is 6.51. The molecule has 0 atom stereocenters. The standard InChI is InChI=1S/C13H8BrFN2O5/c14-4-1-2-5(6(15)3-4)7-8(12(19)20)10(16)17-11(18)9(7)13(21)22/h1-3H,(H,19,20)(H,21,22)(H3,16,17,18). The second-order valence-corrected chi connectivity index (χ2v) is 5.14. The zero-order chi connectivity index (χ0) is 16.6. The molecule has 0 fully saturated rings. The summed E-state index contributed by atoms with van der Waals surface area (Å²) >= 11 is 3.03. The Balaban J connectivity index is 3.02. The number of nitrogens with one attached hydrogen (secondary N) is 1. The van der Waals surface area contributed by atoms with Crippen LogP contribution in [0.3, 0.4) is 0 Å². The number of carboxylic acid groups (broad SMARTS) is 2. The third-order valence-corrected chi connectivity index (χ3v) is 3.37. The van der Waals surface area contributed by atoms with Gasteiger partial charge in [0, 0.05) is 15.6 Å². The highest BCUT2D eigenvalue weighted by Gasteiger charge is 2.28. The van der Waals surface area contributed by atoms with E-state index in [2.05, 4.69) is 15.9 Å². The molecule has 1 aromatic heterocycles. The fraction of sp³-hybridized carbons (Fsp3) is 0. The van der Waals surface area contributed by atoms with Gasteiger partial charge in [0.1, 0.15) is 22.8 Å². The Morgan fingerprint density at radius 2 is 1.77 bits per heavy atom. The van der Waals surface area contributed by atoms with Gasteiger partial charge < -0.3 is 20.9 Å². The Bertz CT molecular complexity index is 862. The van der Waals surface area contributed by atoms with Crippen LogP contribution in [0.1, 0.15) is 20.7 Å². The van der Waals surface area contributed by atoms with Gasteiger partial charge in [-0.1, -0.05) is 22.0 Å². The smallest absolute Gasteiger partial charge is 0.342 e. The lowest BCUT2D eigenvalue weighted by molar-refractivity contribution is 0.0695. The molecule has 114 valence electrons. The van der Waals surface area contributed by atoms with Crippen LogP contribution in [0, 0.1) is 5.82 Å². The zero-order valence-corrected chi connectivity index (χ0v) is 12.3. The molecule has 1 aromatic carbocycles. The van der Waals surface area contributed by atoms with E-state index in [1.807, 2.05) is 4.98 Å². The molecule has 0 aliphatic carbocycles. The van der Waals surface area contributed by atoms with E-state index in [9.17, 15) is 23.9 Å². The average molecular weight is 371 g/mol. The van der Waals surface area contributed by atoms with Gasteiger partial charge in [0.25, 0.3) is 5.56 Å². The number of nitrogens with two attached hydrogens (primary N) is 1. The number of H-pyrrole nitrogens is 1. The number of carboxylic acids is 2. The van der Waals surface area contributed by atoms with Crippen LogP contribution >= 0.6 is 15.9 Å². The molecule has 0 saturated heterocycles. The third kappa shape index (κ3) is 2.58. The molecule has 2 rings (SSSR count). The summed E-state index contributed by atoms with van der Waals surface area (Å²) in [5.74, 6) is -4.74. The Morgan fingerprint density at radius 1 is 1.18 bits per heavy atom. The van der Waals surface area contributed by atoms with Crippen molar-refractivity contribution < 1.29 is 24.2 Å². The summed E-state index contributed by atoms with van der Waals surface area (Å²) in [4.78, 5) is 36.4. The normalized spacial score (nSPS) is 10.5. The van der Waals surface area contributed by atoms with E-state index >= 15 is 0 Å². The Morgan fingerprint density at radius 3 is 2.27 bits per heavy atom. The highest BCUT2D eigenvalue weighted by atomic mass is 79.9. The molecule has 0 aliphatic rings. The number of aromatic carboxylic acids is 2. The maximum atomic E-state index is 14.1. The summed E-state index contributed by atoms with van der Waals surface area (Å²) < 4.78 is 14.5. The quantitative estimate of drug-likeness (QED) is 0.652. The zero-order valence-electron chi connectivity index (χ0n) is 10.7. The van der Waals surface area contributed by atoms with Crippen LogP contribution in [0.4, 0.5) is 10.2 Å². The minimum absolute atomic E-state index is 0.351. The van der Waals surface area contributed by atoms with E-state index in [1.165, 1.54) is 6.07 Å². The molecule has 5 N–H and O–H groups in total. The first kappa shape index (κ1) is 15.7. The molecule has 22 heavy (non-hydrogen) atoms. The highest BCUT2D eigenvalue weighted by molar-refractivity contribution is 9.10. The van der Waals surface area contributed by atoms with Gasteiger partial charge in [-0.2, -0.15) is 0 Å². The lowest BCUT2D eigenvalue weighted by atomic mass is 9.95. The van der Waals surface area contributed by atoms with Crippen molar-refractivity contribution in [2.24, 2.45) is 0 Å². The van der Waals surface area contributed by atoms with Gasteiger partial charge in [-0.3, -0.25) is 4.79 Å². The lowest BCUT2D eigenvalue weighted by Crippen LogP contribution is -2.24. The SMILES string of the molecule is Nc1[nH]c(=O)c(C(=O)O)c(-c2ccc(Br)cc2F)c1C(=O)O. The summed E-state index contributed by atoms with van der Waals surface area (Å²) in [5.41, 5.74) is 1.82. The summed E-state index contributed by atoms with van der Waals surface area (Å²) in [7, 11) is 0. The number of aromatic amines is 1. The maximum absolute atomic E-state index is 14.1. The van der Waals surface area contributed by atoms with Gasteiger partial charge in [-0.15, -0.1) is 0 Å². The third-order valence-electron chi connectivity index (χ3n) is 2.87. The fourth-order valence-corrected chi connectivity index (χ4v) is 2.34. The van der Waals surface area contributed by atoms with Crippen LogP contribution in [0.5, 0.6) is 0 Å². The van der Waals surface area contributed by atoms with Gasteiger partial charge in [-0.25, -0.2) is 14.0 Å². The van der Waals surface area contributed by atoms with Crippen LogP contribution in [-0.2, 0) is 0 Å². The first-order chi connectivity index (χ1) is 10.2. The van der Waals surface area contributed by atoms with Gasteiger partial charge in [0.2, 0.25) is 0 Å². The second kappa shape index (κ2) is 5.60. The Labute approximate surface area is 130 Å². The predicted octanol–water partition coefficient (Wildman–Crippen LogP) is 1.92. The molecule has 0 unspecified atom stereocenters. The molecule has 0 saturated carbocycles. The number of nitrogen functional groups attached to an aromatic ring is 1. The summed E-state index contributed by atoms with van der Waals surface area (Å²) in [5, 5.41) is 18.4. The van der Waals surface area contributed by atoms with Crippen molar-refractivity contribution in [3.8, 4) is 11.1 Å². The maximum Gasteiger partial charge on any atom is 0.342 e. The Kier molecular flexibility index (Phi) is 4.00. The van der Waals surface area contributed by atoms with Crippen LogP contribution in [0.15, 0.2) is 27.5 Å². The number of hydrogen-bond acceptors (Lipinski definition) is 4. The molecule has 0 bridgehead atoms. The molecule has 0 radical (unpaired) electrons. The van der Waals surface area contributed by atoms with E-state index < -0.39 is 45.8 Å². The van der Waals surface area contributed by atoms with Gasteiger partial charge >= 0.3 is 11.9 Å². The Hall–Kier alpha value is -2.68. The molecular formula is C13H8BrFN2O5. The van der Waals surface area contributed by atoms with E-state index in [-0.39, 0.29) is 5.56 Å². The molecule has 0 spiro atoms. The van der Waals surface area contributed by atoms with E-state index in [0.717, 1.165) is 12.1 Å². The van der Waals surface area contributed by atoms with Gasteiger partial charge in [-0.05, 0) is 12.1 Å². The predicted molar refractivity (Wildman–Crippen MR) is 78.5 cm³/mol. The minimum Gasteiger partial charge on any atom is -0.478 e. The number of carbonyl (C=O) groups is 2. The van der Waals surface area contributed by atoms with E-state index in [4.69, 9.17) is 10.8 Å². The number of rotatable bonds is 3. The molecule has 9 heteroatoms. The summed E-state index contributed by atoms with van der Waals surface area (Å²) in [6, 6.07) is 3.56. The van der Waals surface area contributed by atoms with Crippen molar-refractivity contribution in [3.63, 3.8) is 0 Å². The van der Waals surface area contributed by atoms with Crippen LogP contribution in [-0.4, -0.2) is 27.1 Å². The molecule has 0 aliphatic heterocycles. The van der Waals surface area contributed by atoms with Gasteiger partial charge in [0.15, 0.2) is 0 Å². The van der Waals surface area contributed by atoms with E-state index in [0.29, 0.717) is 4.47 Å². The first-order valence-electron chi connectivity index (χ1n) is 5.71. The highest BCUT2D eigenvalue weighted by Crippen LogP contribution is 2.32. The summed E-state index contributed by atoms with van der Waals surface area (Å²) in [6.45, 7) is 0. The second-order valence-electron chi connectivity index (χ2n) is 4.23. The number of pyridine rings is 1. The van der Waals surface area contributed by atoms with E-state index in [1.54, 1.807) is 0 Å². The molecule has 0 amide bonds. The van der Waals surface area contributed by atoms with Crippen molar-refractivity contribution >= 4 is 33.7 Å². The molecule has 2 aromatic rings. The number of hydrogen-bond donors (Lipinski definition) is 4. The van der Waals surface area contributed by atoms with Crippen LogP contribution < -0.4 is 11.3 Å². The lowest BCUT2D eigenvalue weighted by Gasteiger charge is -2.12. The number of aromatic nitrogens is 1. The summed E-state index contributed by atoms with van der Waals surface area (Å²) in [6.07, 6.45) is 0. The average Bonchev–Trinajstić information content (AvgIpc) is 2.36. The van der Waals surface area contributed by atoms with Gasteiger partial charge in [0.05, 0.1) is 0 Å². The van der Waals surface area contributed by atoms with Crippen LogP contribution in [0.25, 0.3) is 11.1 Å². The largest absolute Gasteiger partial charge is 0.478 e. The number of benzene rings is 1. The number of anilines is 1. The fourth-order valence-electron chi connectivity index (χ4n) is 2.01. The van der Waals surface area contributed by atoms with Crippen molar-refractivity contribution in [1.82, 2.24) is 4.98 Å². The monoisotopic (exact) mass is 370 g/mol. The topological polar surface area (TPSA) is 133 Å². The number of halogens is 2. The van der Waals surface area contributed by atoms with Crippen molar-refractivity contribution in [3.05, 3.63) is 50.0 Å². The molecule has 7 nitrogen and oxygen atoms in total. The van der Waals surface area contributed by atoms with Crippen molar-refractivity contribution in [2.45, 2.75) is 0 Å². The van der Waals surface area contributed by atoms with Crippen molar-refractivity contribution in [2.75, 3.05) is 5.73 Å². The minimum atomic E-state index is -1.69. The van der Waals surface area contributed by atoms with Crippen LogP contribution in [0.2, 0.25) is 0 Å². The van der Waals surface area contributed by atoms with Crippen molar-refractivity contribution in [1.29, 1.82) is 0 Å².